The molecule has 4 heteroatoms. The standard InChI is InChI=1S/4C12H13.2ClH.2Zr/c4*1-8-4-11-6-9(2)10(3)7-12(11)5-8;;;;/h4*4-7H,1-3H3;2*1H;;/q4*-1;;;2*+2/p-2. The summed E-state index contributed by atoms with van der Waals surface area (Å²) in [6, 6.07) is 36.0. The second kappa shape index (κ2) is 20.4. The van der Waals surface area contributed by atoms with E-state index in [0.29, 0.717) is 0 Å². The summed E-state index contributed by atoms with van der Waals surface area (Å²) in [5.41, 5.74) is 16.5. The molecular weight excluding hydrogens is 830 g/mol. The first kappa shape index (κ1) is 47.7. The average molecular weight is 882 g/mol. The van der Waals surface area contributed by atoms with E-state index >= 15 is 0 Å². The Bertz CT molecular complexity index is 1880. The minimum Gasteiger partial charge on any atom is -1.00 e. The summed E-state index contributed by atoms with van der Waals surface area (Å²) in [6.07, 6.45) is 0. The Hall–Kier alpha value is -2.33. The molecule has 0 saturated carbocycles. The summed E-state index contributed by atoms with van der Waals surface area (Å²) in [5.74, 6) is 0. The molecule has 0 N–H and O–H groups in total. The third-order valence-electron chi connectivity index (χ3n) is 9.86. The van der Waals surface area contributed by atoms with Crippen molar-refractivity contribution in [2.75, 3.05) is 0 Å². The van der Waals surface area contributed by atoms with Gasteiger partial charge in [-0.05, 0) is 55.4 Å². The van der Waals surface area contributed by atoms with E-state index in [9.17, 15) is 0 Å². The number of fused-ring (bicyclic) bond motifs is 4. The maximum absolute atomic E-state index is 2.26. The normalized spacial score (nSPS) is 10.1. The molecule has 0 saturated heterocycles. The van der Waals surface area contributed by atoms with Crippen LogP contribution in [-0.4, -0.2) is 0 Å². The van der Waals surface area contributed by atoms with Gasteiger partial charge in [0.05, 0.1) is 0 Å². The number of halogens is 2. The molecule has 8 aromatic carbocycles. The van der Waals surface area contributed by atoms with E-state index in [1.54, 1.807) is 0 Å². The fourth-order valence-corrected chi connectivity index (χ4v) is 6.57. The van der Waals surface area contributed by atoms with Crippen molar-refractivity contribution < 1.29 is 77.2 Å². The molecule has 0 aromatic heterocycles. The molecule has 8 rings (SSSR count). The van der Waals surface area contributed by atoms with Crippen LogP contribution in [0.5, 0.6) is 0 Å². The maximum Gasteiger partial charge on any atom is 2.00 e. The van der Waals surface area contributed by atoms with Crippen molar-refractivity contribution in [1.82, 2.24) is 0 Å². The third kappa shape index (κ3) is 11.8. The first-order valence-electron chi connectivity index (χ1n) is 17.2. The zero-order valence-electron chi connectivity index (χ0n) is 33.0. The quantitative estimate of drug-likeness (QED) is 0.136. The number of hydrogen-bond donors (Lipinski definition) is 0. The van der Waals surface area contributed by atoms with E-state index in [1.165, 1.54) is 110 Å². The van der Waals surface area contributed by atoms with Crippen LogP contribution in [-0.2, 0) is 52.4 Å². The Labute approximate surface area is 363 Å². The van der Waals surface area contributed by atoms with Crippen LogP contribution in [0.4, 0.5) is 0 Å². The monoisotopic (exact) mass is 878 g/mol. The minimum atomic E-state index is 0. The van der Waals surface area contributed by atoms with Gasteiger partial charge in [-0.15, -0.1) is 138 Å². The van der Waals surface area contributed by atoms with Crippen LogP contribution < -0.4 is 24.8 Å². The van der Waals surface area contributed by atoms with Crippen molar-refractivity contribution >= 4 is 43.1 Å². The van der Waals surface area contributed by atoms with Crippen LogP contribution in [0.25, 0.3) is 43.1 Å². The molecule has 8 aromatic rings. The fraction of sp³-hybridized carbons (Fsp3) is 0.250. The molecule has 0 spiro atoms. The summed E-state index contributed by atoms with van der Waals surface area (Å²) >= 11 is 0. The number of rotatable bonds is 0. The second-order valence-corrected chi connectivity index (χ2v) is 14.4. The van der Waals surface area contributed by atoms with Crippen LogP contribution in [0.2, 0.25) is 0 Å². The minimum absolute atomic E-state index is 0. The first-order valence-corrected chi connectivity index (χ1v) is 17.2. The van der Waals surface area contributed by atoms with Gasteiger partial charge in [-0.1, -0.05) is 72.2 Å². The molecule has 0 aliphatic rings. The maximum atomic E-state index is 2.26. The SMILES string of the molecule is Cc1cc2cc(C)c(C)cc2[cH-]1.Cc1cc2cc(C)c(C)cc2[cH-]1.Cc1cc2cc(C)c(C)cc2[cH-]1.Cc1cc2cc(C)c(C)cc2[cH-]1.[Cl-].[Cl-].[Zr+2].[Zr+2]. The van der Waals surface area contributed by atoms with E-state index in [0.717, 1.165) is 0 Å². The van der Waals surface area contributed by atoms with E-state index in [2.05, 4.69) is 180 Å². The molecule has 0 radical (unpaired) electrons. The summed E-state index contributed by atoms with van der Waals surface area (Å²) in [6.45, 7) is 25.9. The molecule has 0 fully saturated rings. The first-order chi connectivity index (χ1) is 22.7. The Kier molecular flexibility index (Phi) is 18.7. The predicted octanol–water partition coefficient (Wildman–Crippen LogP) is 7.94. The summed E-state index contributed by atoms with van der Waals surface area (Å²) in [4.78, 5) is 0. The van der Waals surface area contributed by atoms with Gasteiger partial charge in [-0.3, -0.25) is 0 Å². The van der Waals surface area contributed by atoms with Gasteiger partial charge in [0.1, 0.15) is 0 Å². The molecule has 0 aliphatic carbocycles. The smallest absolute Gasteiger partial charge is 1.00 e. The van der Waals surface area contributed by atoms with Gasteiger partial charge < -0.3 is 24.8 Å². The van der Waals surface area contributed by atoms with Crippen LogP contribution in [0, 0.1) is 83.1 Å². The van der Waals surface area contributed by atoms with Crippen molar-refractivity contribution in [2.45, 2.75) is 83.1 Å². The van der Waals surface area contributed by atoms with Gasteiger partial charge >= 0.3 is 52.4 Å². The Morgan fingerprint density at radius 3 is 0.577 bits per heavy atom. The molecule has 0 atom stereocenters. The van der Waals surface area contributed by atoms with E-state index in [4.69, 9.17) is 0 Å². The third-order valence-corrected chi connectivity index (χ3v) is 9.86. The van der Waals surface area contributed by atoms with Gasteiger partial charge in [0, 0.05) is 0 Å². The van der Waals surface area contributed by atoms with Crippen molar-refractivity contribution in [2.24, 2.45) is 0 Å². The molecule has 0 nitrogen and oxygen atoms in total. The van der Waals surface area contributed by atoms with Crippen LogP contribution >= 0.6 is 0 Å². The van der Waals surface area contributed by atoms with E-state index in [1.807, 2.05) is 0 Å². The van der Waals surface area contributed by atoms with Gasteiger partial charge in [0.15, 0.2) is 0 Å². The molecule has 52 heavy (non-hydrogen) atoms. The van der Waals surface area contributed by atoms with E-state index < -0.39 is 0 Å². The van der Waals surface area contributed by atoms with Crippen molar-refractivity contribution in [3.05, 3.63) is 164 Å². The Balaban J connectivity index is 0.000000338. The topological polar surface area (TPSA) is 0 Å². The van der Waals surface area contributed by atoms with Gasteiger partial charge in [-0.2, -0.15) is 24.3 Å². The predicted molar refractivity (Wildman–Crippen MR) is 215 cm³/mol. The fourth-order valence-electron chi connectivity index (χ4n) is 6.57. The zero-order chi connectivity index (χ0) is 34.9. The van der Waals surface area contributed by atoms with Gasteiger partial charge in [-0.25, -0.2) is 0 Å². The number of hydrogen-bond acceptors (Lipinski definition) is 0. The summed E-state index contributed by atoms with van der Waals surface area (Å²) in [7, 11) is 0. The van der Waals surface area contributed by atoms with Crippen LogP contribution in [0.3, 0.4) is 0 Å². The van der Waals surface area contributed by atoms with Crippen molar-refractivity contribution in [3.8, 4) is 0 Å². The second-order valence-electron chi connectivity index (χ2n) is 14.4. The van der Waals surface area contributed by atoms with E-state index in [-0.39, 0.29) is 77.2 Å². The molecule has 0 unspecified atom stereocenters. The summed E-state index contributed by atoms with van der Waals surface area (Å²) < 4.78 is 0. The number of aryl methyl sites for hydroxylation is 12. The Morgan fingerprint density at radius 1 is 0.250 bits per heavy atom. The molecule has 268 valence electrons. The average Bonchev–Trinajstić information content (AvgIpc) is 3.75. The molecule has 0 bridgehead atoms. The molecule has 0 amide bonds. The van der Waals surface area contributed by atoms with Crippen molar-refractivity contribution in [1.29, 1.82) is 0 Å². The molecular formula is C48H52Cl2Zr2-2. The molecule has 0 heterocycles. The van der Waals surface area contributed by atoms with Crippen LogP contribution in [0.1, 0.15) is 66.8 Å². The number of benzene rings is 4. The summed E-state index contributed by atoms with van der Waals surface area (Å²) in [5, 5.41) is 11.0. The Morgan fingerprint density at radius 2 is 0.404 bits per heavy atom. The van der Waals surface area contributed by atoms with Crippen molar-refractivity contribution in [3.63, 3.8) is 0 Å². The zero-order valence-corrected chi connectivity index (χ0v) is 39.4. The molecule has 0 aliphatic heterocycles. The van der Waals surface area contributed by atoms with Crippen LogP contribution in [0.15, 0.2) is 97.1 Å². The largest absolute Gasteiger partial charge is 2.00 e. The van der Waals surface area contributed by atoms with Gasteiger partial charge in [0.2, 0.25) is 0 Å². The van der Waals surface area contributed by atoms with Gasteiger partial charge in [0.25, 0.3) is 0 Å².